The summed E-state index contributed by atoms with van der Waals surface area (Å²) in [6.07, 6.45) is 3.48. The molecule has 0 aliphatic carbocycles. The molecule has 0 atom stereocenters. The average molecular weight is 367 g/mol. The van der Waals surface area contributed by atoms with E-state index in [1.54, 1.807) is 23.7 Å². The highest BCUT2D eigenvalue weighted by Crippen LogP contribution is 2.25. The van der Waals surface area contributed by atoms with E-state index in [1.165, 1.54) is 0 Å². The molecule has 1 amide bonds. The van der Waals surface area contributed by atoms with Crippen LogP contribution in [0.5, 0.6) is 5.75 Å². The fourth-order valence-corrected chi connectivity index (χ4v) is 3.37. The second-order valence-corrected chi connectivity index (χ2v) is 6.96. The van der Waals surface area contributed by atoms with Crippen molar-refractivity contribution in [2.45, 2.75) is 27.3 Å². The van der Waals surface area contributed by atoms with Crippen LogP contribution in [0.1, 0.15) is 22.4 Å². The Morgan fingerprint density at radius 1 is 1.12 bits per heavy atom. The third-order valence-corrected chi connectivity index (χ3v) is 5.11. The predicted molar refractivity (Wildman–Crippen MR) is 103 cm³/mol. The second-order valence-electron chi connectivity index (χ2n) is 6.10. The molecule has 0 saturated heterocycles. The Bertz CT molecular complexity index is 907. The molecule has 2 heterocycles. The number of aryl methyl sites for hydroxylation is 2. The van der Waals surface area contributed by atoms with Gasteiger partial charge in [-0.1, -0.05) is 12.1 Å². The van der Waals surface area contributed by atoms with Gasteiger partial charge in [-0.3, -0.25) is 9.78 Å². The largest absolute Gasteiger partial charge is 0.483 e. The van der Waals surface area contributed by atoms with E-state index in [-0.39, 0.29) is 12.5 Å². The number of benzene rings is 1. The van der Waals surface area contributed by atoms with Crippen molar-refractivity contribution in [1.29, 1.82) is 0 Å². The highest BCUT2D eigenvalue weighted by molar-refractivity contribution is 7.13. The van der Waals surface area contributed by atoms with Crippen molar-refractivity contribution >= 4 is 17.2 Å². The van der Waals surface area contributed by atoms with Crippen molar-refractivity contribution in [3.63, 3.8) is 0 Å². The van der Waals surface area contributed by atoms with Crippen LogP contribution in [-0.4, -0.2) is 22.5 Å². The van der Waals surface area contributed by atoms with Crippen LogP contribution in [0.25, 0.3) is 10.6 Å². The first-order valence-corrected chi connectivity index (χ1v) is 9.23. The van der Waals surface area contributed by atoms with Crippen LogP contribution in [0.4, 0.5) is 0 Å². The monoisotopic (exact) mass is 367 g/mol. The Morgan fingerprint density at radius 3 is 2.62 bits per heavy atom. The SMILES string of the molecule is Cc1ccc(C)c(OCC(=O)NCc2csc(-c3ccncc3)n2)c1C. The van der Waals surface area contributed by atoms with Crippen LogP contribution in [0, 0.1) is 20.8 Å². The van der Waals surface area contributed by atoms with E-state index in [0.717, 1.165) is 38.7 Å². The molecule has 6 heteroatoms. The normalized spacial score (nSPS) is 10.6. The van der Waals surface area contributed by atoms with Crippen molar-refractivity contribution in [3.8, 4) is 16.3 Å². The number of amides is 1. The van der Waals surface area contributed by atoms with E-state index in [9.17, 15) is 4.79 Å². The van der Waals surface area contributed by atoms with Crippen LogP contribution >= 0.6 is 11.3 Å². The zero-order chi connectivity index (χ0) is 18.5. The topological polar surface area (TPSA) is 64.1 Å². The molecule has 1 aromatic carbocycles. The number of thiazole rings is 1. The standard InChI is InChI=1S/C20H21N3O2S/c1-13-4-5-14(2)19(15(13)3)25-11-18(24)22-10-17-12-26-20(23-17)16-6-8-21-9-7-16/h4-9,12H,10-11H2,1-3H3,(H,22,24). The van der Waals surface area contributed by atoms with Gasteiger partial charge >= 0.3 is 0 Å². The Kier molecular flexibility index (Phi) is 5.63. The summed E-state index contributed by atoms with van der Waals surface area (Å²) in [6.45, 7) is 6.40. The number of nitrogens with zero attached hydrogens (tertiary/aromatic N) is 2. The molecule has 2 aromatic heterocycles. The first-order valence-electron chi connectivity index (χ1n) is 8.35. The van der Waals surface area contributed by atoms with E-state index in [2.05, 4.69) is 21.4 Å². The molecule has 0 spiro atoms. The highest BCUT2D eigenvalue weighted by Gasteiger charge is 2.10. The van der Waals surface area contributed by atoms with Gasteiger partial charge in [-0.15, -0.1) is 11.3 Å². The quantitative estimate of drug-likeness (QED) is 0.719. The zero-order valence-electron chi connectivity index (χ0n) is 15.1. The van der Waals surface area contributed by atoms with Crippen molar-refractivity contribution in [2.75, 3.05) is 6.61 Å². The lowest BCUT2D eigenvalue weighted by atomic mass is 10.1. The molecule has 0 radical (unpaired) electrons. The van der Waals surface area contributed by atoms with Gasteiger partial charge in [-0.05, 0) is 49.6 Å². The van der Waals surface area contributed by atoms with E-state index >= 15 is 0 Å². The number of carbonyl (C=O) groups is 1. The molecule has 1 N–H and O–H groups in total. The van der Waals surface area contributed by atoms with Crippen LogP contribution in [0.2, 0.25) is 0 Å². The van der Waals surface area contributed by atoms with E-state index in [4.69, 9.17) is 4.74 Å². The maximum absolute atomic E-state index is 12.1. The Hall–Kier alpha value is -2.73. The summed E-state index contributed by atoms with van der Waals surface area (Å²) in [5.41, 5.74) is 5.10. The number of carbonyl (C=O) groups excluding carboxylic acids is 1. The van der Waals surface area contributed by atoms with E-state index < -0.39 is 0 Å². The fraction of sp³-hybridized carbons (Fsp3) is 0.250. The number of aromatic nitrogens is 2. The van der Waals surface area contributed by atoms with Gasteiger partial charge in [0.25, 0.3) is 5.91 Å². The van der Waals surface area contributed by atoms with Gasteiger partial charge < -0.3 is 10.1 Å². The van der Waals surface area contributed by atoms with Crippen molar-refractivity contribution in [2.24, 2.45) is 0 Å². The summed E-state index contributed by atoms with van der Waals surface area (Å²) >= 11 is 1.55. The van der Waals surface area contributed by atoms with Gasteiger partial charge in [0.2, 0.25) is 0 Å². The number of hydrogen-bond acceptors (Lipinski definition) is 5. The lowest BCUT2D eigenvalue weighted by Crippen LogP contribution is -2.28. The molecule has 0 aliphatic heterocycles. The average Bonchev–Trinajstić information content (AvgIpc) is 3.13. The molecular weight excluding hydrogens is 346 g/mol. The first-order chi connectivity index (χ1) is 12.5. The molecule has 5 nitrogen and oxygen atoms in total. The number of nitrogens with one attached hydrogen (secondary N) is 1. The van der Waals surface area contributed by atoms with E-state index in [0.29, 0.717) is 6.54 Å². The minimum atomic E-state index is -0.163. The van der Waals surface area contributed by atoms with Gasteiger partial charge in [-0.25, -0.2) is 4.98 Å². The summed E-state index contributed by atoms with van der Waals surface area (Å²) in [7, 11) is 0. The first kappa shape index (κ1) is 18.1. The summed E-state index contributed by atoms with van der Waals surface area (Å²) in [5, 5.41) is 5.72. The third-order valence-electron chi connectivity index (χ3n) is 4.17. The molecule has 3 aromatic rings. The molecule has 0 unspecified atom stereocenters. The summed E-state index contributed by atoms with van der Waals surface area (Å²) in [4.78, 5) is 20.7. The van der Waals surface area contributed by atoms with Crippen LogP contribution in [0.15, 0.2) is 42.0 Å². The number of pyridine rings is 1. The summed E-state index contributed by atoms with van der Waals surface area (Å²) < 4.78 is 5.74. The molecule has 134 valence electrons. The number of ether oxygens (including phenoxy) is 1. The molecule has 0 saturated carbocycles. The van der Waals surface area contributed by atoms with Gasteiger partial charge in [0.05, 0.1) is 12.2 Å². The maximum Gasteiger partial charge on any atom is 0.258 e. The van der Waals surface area contributed by atoms with Gasteiger partial charge in [0.15, 0.2) is 6.61 Å². The maximum atomic E-state index is 12.1. The second kappa shape index (κ2) is 8.10. The molecule has 0 fully saturated rings. The van der Waals surface area contributed by atoms with Crippen LogP contribution in [0.3, 0.4) is 0 Å². The number of rotatable bonds is 6. The van der Waals surface area contributed by atoms with Gasteiger partial charge in [-0.2, -0.15) is 0 Å². The molecule has 0 aliphatic rings. The summed E-state index contributed by atoms with van der Waals surface area (Å²) in [6, 6.07) is 7.90. The summed E-state index contributed by atoms with van der Waals surface area (Å²) in [5.74, 6) is 0.623. The van der Waals surface area contributed by atoms with Gasteiger partial charge in [0.1, 0.15) is 10.8 Å². The minimum Gasteiger partial charge on any atom is -0.483 e. The Labute approximate surface area is 157 Å². The van der Waals surface area contributed by atoms with Crippen molar-refractivity contribution < 1.29 is 9.53 Å². The third kappa shape index (κ3) is 4.26. The lowest BCUT2D eigenvalue weighted by Gasteiger charge is -2.13. The molecule has 0 bridgehead atoms. The predicted octanol–water partition coefficient (Wildman–Crippen LogP) is 3.83. The number of hydrogen-bond donors (Lipinski definition) is 1. The zero-order valence-corrected chi connectivity index (χ0v) is 15.9. The smallest absolute Gasteiger partial charge is 0.258 e. The minimum absolute atomic E-state index is 0.00746. The Balaban J connectivity index is 1.54. The molecule has 3 rings (SSSR count). The van der Waals surface area contributed by atoms with E-state index in [1.807, 2.05) is 44.4 Å². The van der Waals surface area contributed by atoms with Crippen molar-refractivity contribution in [3.05, 3.63) is 64.4 Å². The lowest BCUT2D eigenvalue weighted by molar-refractivity contribution is -0.123. The van der Waals surface area contributed by atoms with Crippen LogP contribution < -0.4 is 10.1 Å². The highest BCUT2D eigenvalue weighted by atomic mass is 32.1. The molecule has 26 heavy (non-hydrogen) atoms. The van der Waals surface area contributed by atoms with Crippen molar-refractivity contribution in [1.82, 2.24) is 15.3 Å². The fourth-order valence-electron chi connectivity index (χ4n) is 2.54. The van der Waals surface area contributed by atoms with Gasteiger partial charge in [0, 0.05) is 23.3 Å². The Morgan fingerprint density at radius 2 is 1.85 bits per heavy atom. The van der Waals surface area contributed by atoms with Crippen LogP contribution in [-0.2, 0) is 11.3 Å². The molecular formula is C20H21N3O2S.